The molecule has 5 heteroatoms. The number of halogens is 1. The Bertz CT molecular complexity index is 329. The minimum Gasteiger partial charge on any atom is -0.333 e. The predicted molar refractivity (Wildman–Crippen MR) is 84.7 cm³/mol. The lowest BCUT2D eigenvalue weighted by atomic mass is 10.3. The van der Waals surface area contributed by atoms with Gasteiger partial charge in [0.2, 0.25) is 6.41 Å². The predicted octanol–water partition coefficient (Wildman–Crippen LogP) is 3.11. The van der Waals surface area contributed by atoms with Gasteiger partial charge in [-0.2, -0.15) is 0 Å². The number of allylic oxidation sites excluding steroid dienone is 3. The van der Waals surface area contributed by atoms with E-state index in [1.807, 2.05) is 23.9 Å². The maximum absolute atomic E-state index is 10.2. The average Bonchev–Trinajstić information content (AvgIpc) is 2.35. The summed E-state index contributed by atoms with van der Waals surface area (Å²) in [4.78, 5) is 12.4. The molecular formula is C13H21BrN2OS. The van der Waals surface area contributed by atoms with Crippen molar-refractivity contribution >= 4 is 34.1 Å². The molecule has 0 saturated heterocycles. The molecule has 1 N–H and O–H groups in total. The summed E-state index contributed by atoms with van der Waals surface area (Å²) in [6.07, 6.45) is 9.41. The smallest absolute Gasteiger partial charge is 0.211 e. The summed E-state index contributed by atoms with van der Waals surface area (Å²) < 4.78 is 1.03. The lowest BCUT2D eigenvalue weighted by Crippen LogP contribution is -2.26. The molecule has 0 aromatic carbocycles. The monoisotopic (exact) mass is 332 g/mol. The summed E-state index contributed by atoms with van der Waals surface area (Å²) in [7, 11) is 2.09. The molecule has 0 aromatic rings. The molecule has 1 atom stereocenters. The zero-order chi connectivity index (χ0) is 14.0. The van der Waals surface area contributed by atoms with E-state index in [1.165, 1.54) is 0 Å². The SMILES string of the molecule is C=C(C/C=C\C(Br)=C/CN(C)C(C)SC)NC=O. The van der Waals surface area contributed by atoms with Gasteiger partial charge in [0.1, 0.15) is 0 Å². The van der Waals surface area contributed by atoms with E-state index in [4.69, 9.17) is 0 Å². The topological polar surface area (TPSA) is 32.3 Å². The van der Waals surface area contributed by atoms with Crippen LogP contribution in [0.25, 0.3) is 0 Å². The van der Waals surface area contributed by atoms with Crippen molar-refractivity contribution in [1.29, 1.82) is 0 Å². The lowest BCUT2D eigenvalue weighted by molar-refractivity contribution is -0.108. The second-order valence-electron chi connectivity index (χ2n) is 3.84. The standard InChI is InChI=1S/C13H21BrN2OS/c1-11(15-10-17)6-5-7-13(14)8-9-16(3)12(2)18-4/h5,7-8,10,12H,1,6,9H2,2-4H3,(H,15,17)/b7-5-,13-8+. The maximum Gasteiger partial charge on any atom is 0.211 e. The van der Waals surface area contributed by atoms with E-state index in [-0.39, 0.29) is 0 Å². The first-order valence-electron chi connectivity index (χ1n) is 5.64. The number of nitrogens with zero attached hydrogens (tertiary/aromatic N) is 1. The fourth-order valence-corrected chi connectivity index (χ4v) is 1.86. The van der Waals surface area contributed by atoms with Crippen molar-refractivity contribution in [2.24, 2.45) is 0 Å². The third-order valence-electron chi connectivity index (χ3n) is 2.44. The van der Waals surface area contributed by atoms with Crippen LogP contribution >= 0.6 is 27.7 Å². The van der Waals surface area contributed by atoms with Gasteiger partial charge >= 0.3 is 0 Å². The van der Waals surface area contributed by atoms with Crippen LogP contribution < -0.4 is 5.32 Å². The van der Waals surface area contributed by atoms with Crippen molar-refractivity contribution in [3.05, 3.63) is 35.0 Å². The molecule has 102 valence electrons. The van der Waals surface area contributed by atoms with Crippen molar-refractivity contribution in [2.75, 3.05) is 19.8 Å². The largest absolute Gasteiger partial charge is 0.333 e. The molecule has 0 bridgehead atoms. The van der Waals surface area contributed by atoms with Gasteiger partial charge in [-0.3, -0.25) is 9.69 Å². The maximum atomic E-state index is 10.2. The highest BCUT2D eigenvalue weighted by atomic mass is 79.9. The molecular weight excluding hydrogens is 312 g/mol. The van der Waals surface area contributed by atoms with Gasteiger partial charge in [0.15, 0.2) is 0 Å². The molecule has 1 unspecified atom stereocenters. The number of hydrogen-bond acceptors (Lipinski definition) is 3. The van der Waals surface area contributed by atoms with Crippen LogP contribution in [-0.4, -0.2) is 36.5 Å². The van der Waals surface area contributed by atoms with E-state index < -0.39 is 0 Å². The molecule has 0 aliphatic carbocycles. The van der Waals surface area contributed by atoms with Gasteiger partial charge in [0.25, 0.3) is 0 Å². The van der Waals surface area contributed by atoms with E-state index in [2.05, 4.69) is 59.0 Å². The fourth-order valence-electron chi connectivity index (χ4n) is 1.08. The highest BCUT2D eigenvalue weighted by Gasteiger charge is 2.04. The molecule has 0 aromatic heterocycles. The summed E-state index contributed by atoms with van der Waals surface area (Å²) >= 11 is 5.31. The van der Waals surface area contributed by atoms with Gasteiger partial charge in [-0.25, -0.2) is 0 Å². The highest BCUT2D eigenvalue weighted by Crippen LogP contribution is 2.12. The van der Waals surface area contributed by atoms with Gasteiger partial charge in [0.05, 0.1) is 5.37 Å². The number of hydrogen-bond donors (Lipinski definition) is 1. The Kier molecular flexibility index (Phi) is 10.1. The molecule has 0 heterocycles. The molecule has 0 aliphatic rings. The Morgan fingerprint density at radius 1 is 1.61 bits per heavy atom. The number of thioether (sulfide) groups is 1. The second-order valence-corrected chi connectivity index (χ2v) is 5.91. The Morgan fingerprint density at radius 2 is 2.28 bits per heavy atom. The molecule has 0 spiro atoms. The van der Waals surface area contributed by atoms with Crippen LogP contribution in [0.15, 0.2) is 35.0 Å². The quantitative estimate of drug-likeness (QED) is 0.400. The molecule has 3 nitrogen and oxygen atoms in total. The van der Waals surface area contributed by atoms with Gasteiger partial charge < -0.3 is 5.32 Å². The number of rotatable bonds is 9. The minimum absolute atomic E-state index is 0.502. The third-order valence-corrected chi connectivity index (χ3v) is 4.07. The minimum atomic E-state index is 0.502. The number of likely N-dealkylation sites (N-methyl/N-ethyl adjacent to an activating group) is 1. The van der Waals surface area contributed by atoms with Gasteiger partial charge in [-0.1, -0.05) is 40.7 Å². The van der Waals surface area contributed by atoms with Crippen LogP contribution in [-0.2, 0) is 4.79 Å². The summed E-state index contributed by atoms with van der Waals surface area (Å²) in [6.45, 7) is 6.78. The number of carbonyl (C=O) groups excluding carboxylic acids is 1. The molecule has 0 fully saturated rings. The first-order chi connectivity index (χ1) is 8.51. The van der Waals surface area contributed by atoms with Crippen LogP contribution in [0.1, 0.15) is 13.3 Å². The summed E-state index contributed by atoms with van der Waals surface area (Å²) in [5.74, 6) is 0. The van der Waals surface area contributed by atoms with Gasteiger partial charge in [-0.15, -0.1) is 11.8 Å². The Morgan fingerprint density at radius 3 is 2.83 bits per heavy atom. The van der Waals surface area contributed by atoms with Crippen molar-refractivity contribution in [3.8, 4) is 0 Å². The van der Waals surface area contributed by atoms with Crippen LogP contribution in [0, 0.1) is 0 Å². The molecule has 0 rings (SSSR count). The van der Waals surface area contributed by atoms with Crippen molar-refractivity contribution in [1.82, 2.24) is 10.2 Å². The Hall–Kier alpha value is -0.520. The summed E-state index contributed by atoms with van der Waals surface area (Å²) in [5, 5.41) is 3.02. The molecule has 1 amide bonds. The summed E-state index contributed by atoms with van der Waals surface area (Å²) in [5.41, 5.74) is 0.690. The number of amides is 1. The van der Waals surface area contributed by atoms with Crippen LogP contribution in [0.5, 0.6) is 0 Å². The highest BCUT2D eigenvalue weighted by molar-refractivity contribution is 9.11. The lowest BCUT2D eigenvalue weighted by Gasteiger charge is -2.20. The fraction of sp³-hybridized carbons (Fsp3) is 0.462. The zero-order valence-electron chi connectivity index (χ0n) is 11.1. The third kappa shape index (κ3) is 8.55. The first-order valence-corrected chi connectivity index (χ1v) is 7.72. The molecule has 18 heavy (non-hydrogen) atoms. The molecule has 0 aliphatic heterocycles. The van der Waals surface area contributed by atoms with Crippen LogP contribution in [0.4, 0.5) is 0 Å². The summed E-state index contributed by atoms with van der Waals surface area (Å²) in [6, 6.07) is 0. The van der Waals surface area contributed by atoms with Crippen molar-refractivity contribution in [3.63, 3.8) is 0 Å². The van der Waals surface area contributed by atoms with Crippen molar-refractivity contribution < 1.29 is 4.79 Å². The van der Waals surface area contributed by atoms with E-state index in [9.17, 15) is 4.79 Å². The van der Waals surface area contributed by atoms with E-state index in [1.54, 1.807) is 0 Å². The van der Waals surface area contributed by atoms with E-state index >= 15 is 0 Å². The Balaban J connectivity index is 4.07. The zero-order valence-corrected chi connectivity index (χ0v) is 13.6. The van der Waals surface area contributed by atoms with Crippen LogP contribution in [0.2, 0.25) is 0 Å². The molecule has 0 radical (unpaired) electrons. The Labute approximate surface area is 123 Å². The molecule has 0 saturated carbocycles. The van der Waals surface area contributed by atoms with Gasteiger partial charge in [0, 0.05) is 23.1 Å². The first kappa shape index (κ1) is 17.5. The van der Waals surface area contributed by atoms with E-state index in [0.29, 0.717) is 23.9 Å². The van der Waals surface area contributed by atoms with Gasteiger partial charge in [-0.05, 0) is 20.2 Å². The van der Waals surface area contributed by atoms with Crippen LogP contribution in [0.3, 0.4) is 0 Å². The van der Waals surface area contributed by atoms with Crippen molar-refractivity contribution in [2.45, 2.75) is 18.7 Å². The van der Waals surface area contributed by atoms with E-state index in [0.717, 1.165) is 11.0 Å². The second kappa shape index (κ2) is 10.4. The normalized spacial score (nSPS) is 13.9. The average molecular weight is 333 g/mol. The number of nitrogens with one attached hydrogen (secondary N) is 1. The number of carbonyl (C=O) groups is 1.